The van der Waals surface area contributed by atoms with Gasteiger partial charge in [-0.05, 0) is 58.7 Å². The summed E-state index contributed by atoms with van der Waals surface area (Å²) in [5.41, 5.74) is 1.09. The van der Waals surface area contributed by atoms with E-state index in [1.807, 2.05) is 0 Å². The number of nitrogens with one attached hydrogen (secondary N) is 1. The fraction of sp³-hybridized carbons (Fsp3) is 0.211. The largest absolute Gasteiger partial charge is 0.385 e. The third-order valence-corrected chi connectivity index (χ3v) is 4.80. The van der Waals surface area contributed by atoms with Crippen molar-refractivity contribution in [2.45, 2.75) is 6.42 Å². The van der Waals surface area contributed by atoms with Crippen molar-refractivity contribution in [1.82, 2.24) is 4.90 Å². The van der Waals surface area contributed by atoms with Crippen molar-refractivity contribution in [2.24, 2.45) is 0 Å². The van der Waals surface area contributed by atoms with Crippen LogP contribution < -0.4 is 5.32 Å². The summed E-state index contributed by atoms with van der Waals surface area (Å²) in [7, 11) is 1.55. The average molecular weight is 435 g/mol. The molecule has 8 heteroatoms. The van der Waals surface area contributed by atoms with Crippen LogP contribution >= 0.6 is 15.9 Å². The van der Waals surface area contributed by atoms with Crippen molar-refractivity contribution in [2.75, 3.05) is 25.6 Å². The van der Waals surface area contributed by atoms with Gasteiger partial charge in [0.2, 0.25) is 0 Å². The van der Waals surface area contributed by atoms with Gasteiger partial charge in [-0.2, -0.15) is 0 Å². The Bertz CT molecular complexity index is 932. The minimum absolute atomic E-state index is 0.197. The van der Waals surface area contributed by atoms with Gasteiger partial charge in [-0.1, -0.05) is 0 Å². The molecular formula is C19H16BrFN2O4. The smallest absolute Gasteiger partial charge is 0.261 e. The average Bonchev–Trinajstić information content (AvgIpc) is 2.88. The number of halogens is 2. The van der Waals surface area contributed by atoms with Crippen LogP contribution in [0.25, 0.3) is 0 Å². The Hall–Kier alpha value is -2.58. The van der Waals surface area contributed by atoms with Crippen molar-refractivity contribution < 1.29 is 23.5 Å². The minimum Gasteiger partial charge on any atom is -0.385 e. The number of nitrogens with zero attached hydrogens (tertiary/aromatic N) is 1. The van der Waals surface area contributed by atoms with Gasteiger partial charge in [0.05, 0.1) is 16.8 Å². The monoisotopic (exact) mass is 434 g/mol. The second kappa shape index (κ2) is 7.98. The van der Waals surface area contributed by atoms with Gasteiger partial charge in [0.25, 0.3) is 17.7 Å². The van der Waals surface area contributed by atoms with Crippen LogP contribution in [0.4, 0.5) is 10.1 Å². The molecule has 0 saturated carbocycles. The summed E-state index contributed by atoms with van der Waals surface area (Å²) in [5.74, 6) is -1.71. The molecule has 0 aromatic heterocycles. The number of ether oxygens (including phenoxy) is 1. The van der Waals surface area contributed by atoms with Crippen molar-refractivity contribution in [3.63, 3.8) is 0 Å². The van der Waals surface area contributed by atoms with Crippen LogP contribution in [-0.2, 0) is 4.74 Å². The Balaban J connectivity index is 1.80. The van der Waals surface area contributed by atoms with E-state index >= 15 is 0 Å². The molecular weight excluding hydrogens is 419 g/mol. The Kier molecular flexibility index (Phi) is 5.67. The Morgan fingerprint density at radius 3 is 2.59 bits per heavy atom. The molecule has 1 aliphatic heterocycles. The normalized spacial score (nSPS) is 13.1. The predicted molar refractivity (Wildman–Crippen MR) is 100 cm³/mol. The predicted octanol–water partition coefficient (Wildman–Crippen LogP) is 3.47. The molecule has 3 rings (SSSR count). The zero-order chi connectivity index (χ0) is 19.6. The van der Waals surface area contributed by atoms with Gasteiger partial charge in [-0.3, -0.25) is 19.3 Å². The first-order valence-corrected chi connectivity index (χ1v) is 8.97. The van der Waals surface area contributed by atoms with Crippen molar-refractivity contribution in [3.05, 3.63) is 63.4 Å². The summed E-state index contributed by atoms with van der Waals surface area (Å²) in [6.07, 6.45) is 0.536. The van der Waals surface area contributed by atoms with E-state index in [-0.39, 0.29) is 29.1 Å². The molecule has 2 aromatic carbocycles. The first kappa shape index (κ1) is 19.2. The standard InChI is InChI=1S/C19H16BrFN2O4/c1-27-8-2-7-23-18(25)13-5-3-11(9-14(13)19(23)26)17(24)22-16-6-4-12(21)10-15(16)20/h3-6,9-10H,2,7-8H2,1H3,(H,22,24). The van der Waals surface area contributed by atoms with Gasteiger partial charge in [0.1, 0.15) is 5.82 Å². The molecule has 0 bridgehead atoms. The SMILES string of the molecule is COCCCN1C(=O)c2ccc(C(=O)Nc3ccc(F)cc3Br)cc2C1=O. The second-order valence-corrected chi connectivity index (χ2v) is 6.80. The van der Waals surface area contributed by atoms with Crippen LogP contribution in [0.1, 0.15) is 37.5 Å². The lowest BCUT2D eigenvalue weighted by Crippen LogP contribution is -2.31. The molecule has 2 aromatic rings. The van der Waals surface area contributed by atoms with Gasteiger partial charge < -0.3 is 10.1 Å². The maximum absolute atomic E-state index is 13.2. The molecule has 3 amide bonds. The van der Waals surface area contributed by atoms with Crippen LogP contribution in [0, 0.1) is 5.82 Å². The number of hydrogen-bond donors (Lipinski definition) is 1. The van der Waals surface area contributed by atoms with E-state index in [9.17, 15) is 18.8 Å². The van der Waals surface area contributed by atoms with E-state index in [1.165, 1.54) is 36.4 Å². The summed E-state index contributed by atoms with van der Waals surface area (Å²) in [5, 5.41) is 2.65. The first-order chi connectivity index (χ1) is 12.9. The van der Waals surface area contributed by atoms with Gasteiger partial charge >= 0.3 is 0 Å². The molecule has 0 spiro atoms. The number of carbonyl (C=O) groups is 3. The number of fused-ring (bicyclic) bond motifs is 1. The molecule has 27 heavy (non-hydrogen) atoms. The van der Waals surface area contributed by atoms with Gasteiger partial charge in [-0.15, -0.1) is 0 Å². The lowest BCUT2D eigenvalue weighted by molar-refractivity contribution is 0.0638. The topological polar surface area (TPSA) is 75.7 Å². The van der Waals surface area contributed by atoms with E-state index in [0.717, 1.165) is 4.90 Å². The summed E-state index contributed by atoms with van der Waals surface area (Å²) < 4.78 is 18.5. The Morgan fingerprint density at radius 2 is 1.89 bits per heavy atom. The fourth-order valence-corrected chi connectivity index (χ4v) is 3.24. The van der Waals surface area contributed by atoms with Gasteiger partial charge in [0, 0.05) is 30.3 Å². The molecule has 0 radical (unpaired) electrons. The number of carbonyl (C=O) groups excluding carboxylic acids is 3. The van der Waals surface area contributed by atoms with Crippen molar-refractivity contribution in [1.29, 1.82) is 0 Å². The van der Waals surface area contributed by atoms with Gasteiger partial charge in [0.15, 0.2) is 0 Å². The number of imide groups is 1. The summed E-state index contributed by atoms with van der Waals surface area (Å²) in [4.78, 5) is 38.5. The van der Waals surface area contributed by atoms with Crippen LogP contribution in [-0.4, -0.2) is 42.9 Å². The highest BCUT2D eigenvalue weighted by Crippen LogP contribution is 2.26. The molecule has 0 aliphatic carbocycles. The minimum atomic E-state index is -0.469. The van der Waals surface area contributed by atoms with Crippen LogP contribution in [0.15, 0.2) is 40.9 Å². The molecule has 0 unspecified atom stereocenters. The Labute approximate surface area is 163 Å². The highest BCUT2D eigenvalue weighted by atomic mass is 79.9. The molecule has 0 fully saturated rings. The van der Waals surface area contributed by atoms with Crippen LogP contribution in [0.2, 0.25) is 0 Å². The quantitative estimate of drug-likeness (QED) is 0.557. The number of benzene rings is 2. The maximum atomic E-state index is 13.2. The summed E-state index contributed by atoms with van der Waals surface area (Å²) in [6.45, 7) is 0.692. The molecule has 0 saturated heterocycles. The third kappa shape index (κ3) is 3.91. The third-order valence-electron chi connectivity index (χ3n) is 4.14. The van der Waals surface area contributed by atoms with E-state index in [1.54, 1.807) is 7.11 Å². The highest BCUT2D eigenvalue weighted by Gasteiger charge is 2.35. The molecule has 0 atom stereocenters. The number of amides is 3. The lowest BCUT2D eigenvalue weighted by atomic mass is 10.1. The highest BCUT2D eigenvalue weighted by molar-refractivity contribution is 9.10. The number of anilines is 1. The van der Waals surface area contributed by atoms with Crippen LogP contribution in [0.5, 0.6) is 0 Å². The van der Waals surface area contributed by atoms with Crippen molar-refractivity contribution in [3.8, 4) is 0 Å². The van der Waals surface area contributed by atoms with E-state index in [4.69, 9.17) is 4.74 Å². The summed E-state index contributed by atoms with van der Waals surface area (Å²) in [6, 6.07) is 8.24. The van der Waals surface area contributed by atoms with Gasteiger partial charge in [-0.25, -0.2) is 4.39 Å². The molecule has 1 heterocycles. The number of hydrogen-bond acceptors (Lipinski definition) is 4. The fourth-order valence-electron chi connectivity index (χ4n) is 2.79. The molecule has 140 valence electrons. The first-order valence-electron chi connectivity index (χ1n) is 8.18. The lowest BCUT2D eigenvalue weighted by Gasteiger charge is -2.12. The number of rotatable bonds is 6. The Morgan fingerprint density at radius 1 is 1.15 bits per heavy atom. The van der Waals surface area contributed by atoms with E-state index in [2.05, 4.69) is 21.2 Å². The van der Waals surface area contributed by atoms with Crippen molar-refractivity contribution >= 4 is 39.3 Å². The maximum Gasteiger partial charge on any atom is 0.261 e. The zero-order valence-corrected chi connectivity index (χ0v) is 16.0. The molecule has 6 nitrogen and oxygen atoms in total. The van der Waals surface area contributed by atoms with E-state index in [0.29, 0.717) is 23.2 Å². The number of methoxy groups -OCH3 is 1. The second-order valence-electron chi connectivity index (χ2n) is 5.95. The molecule has 1 N–H and O–H groups in total. The zero-order valence-electron chi connectivity index (χ0n) is 14.4. The van der Waals surface area contributed by atoms with E-state index < -0.39 is 17.6 Å². The molecule has 1 aliphatic rings. The summed E-state index contributed by atoms with van der Waals surface area (Å²) >= 11 is 3.18. The van der Waals surface area contributed by atoms with Crippen LogP contribution in [0.3, 0.4) is 0 Å².